The Morgan fingerprint density at radius 2 is 2.00 bits per heavy atom. The number of pyridine rings is 1. The molecular formula is C13H12ClNO. The van der Waals surface area contributed by atoms with E-state index in [1.165, 1.54) is 0 Å². The van der Waals surface area contributed by atoms with E-state index in [0.29, 0.717) is 11.8 Å². The molecule has 2 nitrogen and oxygen atoms in total. The van der Waals surface area contributed by atoms with Crippen molar-refractivity contribution in [2.75, 3.05) is 0 Å². The van der Waals surface area contributed by atoms with Crippen LogP contribution in [-0.2, 0) is 5.88 Å². The Bertz CT molecular complexity index is 485. The maximum absolute atomic E-state index is 5.71. The number of halogens is 1. The summed E-state index contributed by atoms with van der Waals surface area (Å²) < 4.78 is 5.63. The van der Waals surface area contributed by atoms with Gasteiger partial charge in [0.2, 0.25) is 5.88 Å². The van der Waals surface area contributed by atoms with Crippen LogP contribution in [0.4, 0.5) is 0 Å². The molecule has 1 aromatic carbocycles. The van der Waals surface area contributed by atoms with Crippen molar-refractivity contribution in [3.63, 3.8) is 0 Å². The van der Waals surface area contributed by atoms with Crippen LogP contribution in [0.5, 0.6) is 11.6 Å². The first-order valence-electron chi connectivity index (χ1n) is 5.04. The van der Waals surface area contributed by atoms with Gasteiger partial charge in [-0.3, -0.25) is 0 Å². The van der Waals surface area contributed by atoms with E-state index in [0.717, 1.165) is 17.0 Å². The molecular weight excluding hydrogens is 222 g/mol. The van der Waals surface area contributed by atoms with Crippen molar-refractivity contribution in [3.8, 4) is 11.6 Å². The van der Waals surface area contributed by atoms with Crippen molar-refractivity contribution in [2.24, 2.45) is 0 Å². The van der Waals surface area contributed by atoms with E-state index in [-0.39, 0.29) is 0 Å². The highest BCUT2D eigenvalue weighted by Gasteiger charge is 2.00. The number of aryl methyl sites for hydroxylation is 1. The average Bonchev–Trinajstić information content (AvgIpc) is 2.29. The van der Waals surface area contributed by atoms with E-state index in [9.17, 15) is 0 Å². The van der Waals surface area contributed by atoms with Gasteiger partial charge in [-0.1, -0.05) is 18.2 Å². The predicted molar refractivity (Wildman–Crippen MR) is 65.0 cm³/mol. The fourth-order valence-electron chi connectivity index (χ4n) is 1.39. The highest BCUT2D eigenvalue weighted by Crippen LogP contribution is 2.20. The van der Waals surface area contributed by atoms with Crippen LogP contribution in [0.15, 0.2) is 42.5 Å². The molecule has 0 unspecified atom stereocenters. The normalized spacial score (nSPS) is 10.1. The van der Waals surface area contributed by atoms with Gasteiger partial charge in [-0.15, -0.1) is 11.6 Å². The van der Waals surface area contributed by atoms with Gasteiger partial charge in [-0.25, -0.2) is 4.98 Å². The van der Waals surface area contributed by atoms with Crippen LogP contribution in [0.25, 0.3) is 0 Å². The summed E-state index contributed by atoms with van der Waals surface area (Å²) >= 11 is 5.71. The molecule has 0 bridgehead atoms. The molecule has 0 fully saturated rings. The molecule has 0 spiro atoms. The molecule has 1 aromatic heterocycles. The van der Waals surface area contributed by atoms with Gasteiger partial charge in [-0.05, 0) is 30.7 Å². The molecule has 0 aliphatic heterocycles. The van der Waals surface area contributed by atoms with Crippen LogP contribution in [0.3, 0.4) is 0 Å². The van der Waals surface area contributed by atoms with E-state index in [2.05, 4.69) is 4.98 Å². The molecule has 0 saturated heterocycles. The zero-order valence-corrected chi connectivity index (χ0v) is 9.74. The van der Waals surface area contributed by atoms with Crippen molar-refractivity contribution >= 4 is 11.6 Å². The quantitative estimate of drug-likeness (QED) is 0.750. The number of aromatic nitrogens is 1. The summed E-state index contributed by atoms with van der Waals surface area (Å²) in [5.41, 5.74) is 1.97. The first-order valence-corrected chi connectivity index (χ1v) is 5.58. The minimum absolute atomic E-state index is 0.394. The Labute approximate surface area is 99.9 Å². The predicted octanol–water partition coefficient (Wildman–Crippen LogP) is 3.92. The van der Waals surface area contributed by atoms with Gasteiger partial charge in [0.1, 0.15) is 5.75 Å². The first kappa shape index (κ1) is 11.0. The number of hydrogen-bond acceptors (Lipinski definition) is 2. The van der Waals surface area contributed by atoms with Gasteiger partial charge in [-0.2, -0.15) is 0 Å². The van der Waals surface area contributed by atoms with Crippen molar-refractivity contribution < 1.29 is 4.74 Å². The molecule has 0 radical (unpaired) electrons. The monoisotopic (exact) mass is 233 g/mol. The van der Waals surface area contributed by atoms with Crippen molar-refractivity contribution in [2.45, 2.75) is 12.8 Å². The fourth-order valence-corrected chi connectivity index (χ4v) is 1.54. The molecule has 0 N–H and O–H groups in total. The number of benzene rings is 1. The molecule has 16 heavy (non-hydrogen) atoms. The van der Waals surface area contributed by atoms with Crippen LogP contribution >= 0.6 is 11.6 Å². The first-order chi connectivity index (χ1) is 7.78. The highest BCUT2D eigenvalue weighted by atomic mass is 35.5. The topological polar surface area (TPSA) is 22.1 Å². The second kappa shape index (κ2) is 4.99. The Hall–Kier alpha value is -1.54. The number of nitrogens with zero attached hydrogens (tertiary/aromatic N) is 1. The average molecular weight is 234 g/mol. The second-order valence-corrected chi connectivity index (χ2v) is 3.79. The second-order valence-electron chi connectivity index (χ2n) is 3.52. The molecule has 2 rings (SSSR count). The Morgan fingerprint density at radius 1 is 1.19 bits per heavy atom. The molecule has 3 heteroatoms. The number of hydrogen-bond donors (Lipinski definition) is 0. The zero-order chi connectivity index (χ0) is 11.4. The molecule has 0 aliphatic rings. The molecule has 0 amide bonds. The lowest BCUT2D eigenvalue weighted by atomic mass is 10.2. The van der Waals surface area contributed by atoms with Gasteiger partial charge >= 0.3 is 0 Å². The summed E-state index contributed by atoms with van der Waals surface area (Å²) in [4.78, 5) is 4.26. The summed E-state index contributed by atoms with van der Waals surface area (Å²) in [6.45, 7) is 2.02. The van der Waals surface area contributed by atoms with E-state index < -0.39 is 0 Å². The SMILES string of the molecule is Cc1cccc(Oc2cccc(CCl)n2)c1. The van der Waals surface area contributed by atoms with Crippen molar-refractivity contribution in [1.82, 2.24) is 4.98 Å². The highest BCUT2D eigenvalue weighted by molar-refractivity contribution is 6.16. The van der Waals surface area contributed by atoms with Gasteiger partial charge in [0, 0.05) is 6.07 Å². The third kappa shape index (κ3) is 2.74. The lowest BCUT2D eigenvalue weighted by Gasteiger charge is -2.05. The summed E-state index contributed by atoms with van der Waals surface area (Å²) in [5, 5.41) is 0. The van der Waals surface area contributed by atoms with Crippen molar-refractivity contribution in [1.29, 1.82) is 0 Å². The van der Waals surface area contributed by atoms with E-state index in [1.54, 1.807) is 0 Å². The van der Waals surface area contributed by atoms with Gasteiger partial charge in [0.05, 0.1) is 11.6 Å². The number of ether oxygens (including phenoxy) is 1. The van der Waals surface area contributed by atoms with Gasteiger partial charge in [0.15, 0.2) is 0 Å². The Morgan fingerprint density at radius 3 is 2.75 bits per heavy atom. The Kier molecular flexibility index (Phi) is 3.42. The summed E-state index contributed by atoms with van der Waals surface area (Å²) in [6.07, 6.45) is 0. The van der Waals surface area contributed by atoms with E-state index in [1.807, 2.05) is 49.4 Å². The molecule has 1 heterocycles. The fraction of sp³-hybridized carbons (Fsp3) is 0.154. The van der Waals surface area contributed by atoms with Crippen LogP contribution in [0, 0.1) is 6.92 Å². The largest absolute Gasteiger partial charge is 0.439 e. The van der Waals surface area contributed by atoms with Crippen LogP contribution in [0.1, 0.15) is 11.3 Å². The van der Waals surface area contributed by atoms with Gasteiger partial charge < -0.3 is 4.74 Å². The van der Waals surface area contributed by atoms with Gasteiger partial charge in [0.25, 0.3) is 0 Å². The Balaban J connectivity index is 2.20. The molecule has 2 aromatic rings. The minimum atomic E-state index is 0.394. The standard InChI is InChI=1S/C13H12ClNO/c1-10-4-2-6-12(8-10)16-13-7-3-5-11(9-14)15-13/h2-8H,9H2,1H3. The molecule has 0 aliphatic carbocycles. The molecule has 82 valence electrons. The molecule has 0 saturated carbocycles. The minimum Gasteiger partial charge on any atom is -0.439 e. The van der Waals surface area contributed by atoms with E-state index >= 15 is 0 Å². The lowest BCUT2D eigenvalue weighted by molar-refractivity contribution is 0.461. The third-order valence-electron chi connectivity index (χ3n) is 2.13. The maximum atomic E-state index is 5.71. The van der Waals surface area contributed by atoms with Crippen LogP contribution < -0.4 is 4.74 Å². The third-order valence-corrected chi connectivity index (χ3v) is 2.40. The van der Waals surface area contributed by atoms with Crippen LogP contribution in [0.2, 0.25) is 0 Å². The number of rotatable bonds is 3. The summed E-state index contributed by atoms with van der Waals surface area (Å²) in [7, 11) is 0. The zero-order valence-electron chi connectivity index (χ0n) is 8.98. The summed E-state index contributed by atoms with van der Waals surface area (Å²) in [5.74, 6) is 1.76. The number of alkyl halides is 1. The smallest absolute Gasteiger partial charge is 0.219 e. The maximum Gasteiger partial charge on any atom is 0.219 e. The van der Waals surface area contributed by atoms with E-state index in [4.69, 9.17) is 16.3 Å². The summed E-state index contributed by atoms with van der Waals surface area (Å²) in [6, 6.07) is 13.4. The molecule has 0 atom stereocenters. The van der Waals surface area contributed by atoms with Crippen LogP contribution in [-0.4, -0.2) is 4.98 Å². The lowest BCUT2D eigenvalue weighted by Crippen LogP contribution is -1.91. The van der Waals surface area contributed by atoms with Crippen molar-refractivity contribution in [3.05, 3.63) is 53.7 Å².